The van der Waals surface area contributed by atoms with Crippen molar-refractivity contribution in [3.63, 3.8) is 0 Å². The van der Waals surface area contributed by atoms with Gasteiger partial charge in [0, 0.05) is 32.4 Å². The summed E-state index contributed by atoms with van der Waals surface area (Å²) in [5, 5.41) is 2.76. The molecule has 8 nitrogen and oxygen atoms in total. The highest BCUT2D eigenvalue weighted by Crippen LogP contribution is 2.26. The van der Waals surface area contributed by atoms with Crippen molar-refractivity contribution in [3.05, 3.63) is 27.9 Å². The molecule has 0 aromatic carbocycles. The van der Waals surface area contributed by atoms with E-state index >= 15 is 0 Å². The van der Waals surface area contributed by atoms with Gasteiger partial charge in [-0.3, -0.25) is 19.1 Å². The number of hydrogen-bond donors (Lipinski definition) is 1. The summed E-state index contributed by atoms with van der Waals surface area (Å²) in [5.41, 5.74) is 0.00641. The van der Waals surface area contributed by atoms with Crippen molar-refractivity contribution in [1.82, 2.24) is 19.8 Å². The molecular weight excluding hydrogens is 427 g/mol. The Morgan fingerprint density at radius 2 is 1.94 bits per heavy atom. The van der Waals surface area contributed by atoms with E-state index in [0.717, 1.165) is 5.56 Å². The summed E-state index contributed by atoms with van der Waals surface area (Å²) in [6.07, 6.45) is 2.90. The standard InChI is InChI=1S/C24H39FN4O4/c1-7-33-20(30)8-10-26-22(31)19(12-16(2)3)29-13-18(21(17(4)5)27-23(29)32)9-11-28-14-24(6,25)15-28/h13,16-17,19H,7-12,14-15H2,1-6H3,(H,26,31)/t19-/m0/s1. The molecule has 1 atom stereocenters. The zero-order valence-electron chi connectivity index (χ0n) is 20.8. The summed E-state index contributed by atoms with van der Waals surface area (Å²) >= 11 is 0. The molecule has 1 amide bonds. The highest BCUT2D eigenvalue weighted by Gasteiger charge is 2.38. The van der Waals surface area contributed by atoms with E-state index < -0.39 is 17.4 Å². The van der Waals surface area contributed by atoms with Crippen LogP contribution in [0.25, 0.3) is 0 Å². The van der Waals surface area contributed by atoms with Gasteiger partial charge in [0.15, 0.2) is 0 Å². The minimum absolute atomic E-state index is 0.0483. The molecule has 0 aliphatic carbocycles. The van der Waals surface area contributed by atoms with E-state index in [1.54, 1.807) is 20.0 Å². The van der Waals surface area contributed by atoms with Crippen LogP contribution in [0.2, 0.25) is 0 Å². The lowest BCUT2D eigenvalue weighted by Crippen LogP contribution is -2.57. The molecule has 1 fully saturated rings. The van der Waals surface area contributed by atoms with Gasteiger partial charge in [0.25, 0.3) is 0 Å². The van der Waals surface area contributed by atoms with E-state index in [4.69, 9.17) is 4.74 Å². The molecule has 1 aromatic heterocycles. The molecule has 0 spiro atoms. The lowest BCUT2D eigenvalue weighted by molar-refractivity contribution is -0.143. The number of nitrogens with one attached hydrogen (secondary N) is 1. The normalized spacial score (nSPS) is 16.5. The highest BCUT2D eigenvalue weighted by molar-refractivity contribution is 5.81. The molecule has 0 saturated carbocycles. The number of carbonyl (C=O) groups is 2. The lowest BCUT2D eigenvalue weighted by Gasteiger charge is -2.42. The second kappa shape index (κ2) is 11.7. The van der Waals surface area contributed by atoms with Crippen molar-refractivity contribution in [2.75, 3.05) is 32.8 Å². The van der Waals surface area contributed by atoms with Gasteiger partial charge in [-0.2, -0.15) is 4.98 Å². The number of likely N-dealkylation sites (tertiary alicyclic amines) is 1. The van der Waals surface area contributed by atoms with Crippen LogP contribution in [0.3, 0.4) is 0 Å². The monoisotopic (exact) mass is 466 g/mol. The SMILES string of the molecule is CCOC(=O)CCNC(=O)[C@H](CC(C)C)n1cc(CCN2CC(C)(F)C2)c(C(C)C)nc1=O. The molecule has 1 aliphatic rings. The first-order valence-electron chi connectivity index (χ1n) is 11.9. The summed E-state index contributed by atoms with van der Waals surface area (Å²) in [7, 11) is 0. The van der Waals surface area contributed by atoms with Gasteiger partial charge in [-0.25, -0.2) is 9.18 Å². The number of halogens is 1. The Morgan fingerprint density at radius 1 is 1.27 bits per heavy atom. The highest BCUT2D eigenvalue weighted by atomic mass is 19.1. The van der Waals surface area contributed by atoms with Crippen LogP contribution in [0.4, 0.5) is 4.39 Å². The predicted molar refractivity (Wildman–Crippen MR) is 125 cm³/mol. The smallest absolute Gasteiger partial charge is 0.348 e. The van der Waals surface area contributed by atoms with Gasteiger partial charge in [0.05, 0.1) is 18.7 Å². The van der Waals surface area contributed by atoms with Crippen molar-refractivity contribution in [2.45, 2.75) is 78.4 Å². The summed E-state index contributed by atoms with van der Waals surface area (Å²) in [6.45, 7) is 13.1. The fourth-order valence-electron chi connectivity index (χ4n) is 4.19. The van der Waals surface area contributed by atoms with Crippen LogP contribution in [-0.2, 0) is 20.7 Å². The Bertz CT molecular complexity index is 874. The van der Waals surface area contributed by atoms with Gasteiger partial charge < -0.3 is 10.1 Å². The van der Waals surface area contributed by atoms with Crippen LogP contribution < -0.4 is 11.0 Å². The van der Waals surface area contributed by atoms with Gasteiger partial charge >= 0.3 is 11.7 Å². The second-order valence-electron chi connectivity index (χ2n) is 9.86. The third-order valence-electron chi connectivity index (χ3n) is 5.68. The molecule has 186 valence electrons. The zero-order valence-corrected chi connectivity index (χ0v) is 20.8. The number of rotatable bonds is 12. The summed E-state index contributed by atoms with van der Waals surface area (Å²) in [5.74, 6) is -0.492. The zero-order chi connectivity index (χ0) is 24.8. The molecule has 1 aromatic rings. The number of carbonyl (C=O) groups excluding carboxylic acids is 2. The summed E-state index contributed by atoms with van der Waals surface area (Å²) in [4.78, 5) is 43.8. The minimum atomic E-state index is -1.14. The maximum atomic E-state index is 13.8. The largest absolute Gasteiger partial charge is 0.466 e. The number of amides is 1. The molecular formula is C24H39FN4O4. The number of ether oxygens (including phenoxy) is 1. The van der Waals surface area contributed by atoms with E-state index in [9.17, 15) is 18.8 Å². The van der Waals surface area contributed by atoms with E-state index in [-0.39, 0.29) is 43.3 Å². The van der Waals surface area contributed by atoms with Crippen molar-refractivity contribution in [3.8, 4) is 0 Å². The van der Waals surface area contributed by atoms with Crippen molar-refractivity contribution in [1.29, 1.82) is 0 Å². The van der Waals surface area contributed by atoms with Gasteiger partial charge in [0.1, 0.15) is 11.7 Å². The van der Waals surface area contributed by atoms with Crippen molar-refractivity contribution < 1.29 is 18.7 Å². The molecule has 2 heterocycles. The number of hydrogen-bond acceptors (Lipinski definition) is 6. The van der Waals surface area contributed by atoms with Gasteiger partial charge in [-0.15, -0.1) is 0 Å². The maximum Gasteiger partial charge on any atom is 0.348 e. The van der Waals surface area contributed by atoms with Crippen LogP contribution in [0.1, 0.15) is 77.6 Å². The van der Waals surface area contributed by atoms with Crippen LogP contribution in [0.5, 0.6) is 0 Å². The first-order valence-corrected chi connectivity index (χ1v) is 11.9. The molecule has 9 heteroatoms. The molecule has 1 aliphatic heterocycles. The number of nitrogens with zero attached hydrogens (tertiary/aromatic N) is 3. The third kappa shape index (κ3) is 7.91. The molecule has 1 N–H and O–H groups in total. The summed E-state index contributed by atoms with van der Waals surface area (Å²) in [6, 6.07) is -0.731. The molecule has 0 bridgehead atoms. The van der Waals surface area contributed by atoms with Crippen LogP contribution in [-0.4, -0.2) is 64.8 Å². The van der Waals surface area contributed by atoms with E-state index in [1.165, 1.54) is 4.57 Å². The maximum absolute atomic E-state index is 13.8. The fraction of sp³-hybridized carbons (Fsp3) is 0.750. The Kier molecular flexibility index (Phi) is 9.57. The van der Waals surface area contributed by atoms with Gasteiger partial charge in [-0.1, -0.05) is 27.7 Å². The Balaban J connectivity index is 2.23. The third-order valence-corrected chi connectivity index (χ3v) is 5.68. The lowest BCUT2D eigenvalue weighted by atomic mass is 9.97. The Labute approximate surface area is 195 Å². The second-order valence-corrected chi connectivity index (χ2v) is 9.86. The molecule has 33 heavy (non-hydrogen) atoms. The van der Waals surface area contributed by atoms with Crippen LogP contribution in [0.15, 0.2) is 11.0 Å². The first-order chi connectivity index (χ1) is 15.4. The van der Waals surface area contributed by atoms with E-state index in [2.05, 4.69) is 10.3 Å². The molecule has 1 saturated heterocycles. The average Bonchev–Trinajstić information content (AvgIpc) is 2.69. The Morgan fingerprint density at radius 3 is 2.48 bits per heavy atom. The molecule has 0 unspecified atom stereocenters. The van der Waals surface area contributed by atoms with Gasteiger partial charge in [-0.05, 0) is 44.1 Å². The average molecular weight is 467 g/mol. The minimum Gasteiger partial charge on any atom is -0.466 e. The first kappa shape index (κ1) is 27.0. The van der Waals surface area contributed by atoms with E-state index in [1.807, 2.05) is 32.6 Å². The van der Waals surface area contributed by atoms with Gasteiger partial charge in [0.2, 0.25) is 5.91 Å². The van der Waals surface area contributed by atoms with Crippen molar-refractivity contribution in [2.24, 2.45) is 5.92 Å². The number of alkyl halides is 1. The molecule has 0 radical (unpaired) electrons. The summed E-state index contributed by atoms with van der Waals surface area (Å²) < 4.78 is 20.2. The number of esters is 1. The fourth-order valence-corrected chi connectivity index (χ4v) is 4.19. The quantitative estimate of drug-likeness (QED) is 0.476. The van der Waals surface area contributed by atoms with Crippen molar-refractivity contribution >= 4 is 11.9 Å². The topological polar surface area (TPSA) is 93.5 Å². The number of aromatic nitrogens is 2. The van der Waals surface area contributed by atoms with E-state index in [0.29, 0.717) is 38.2 Å². The Hall–Kier alpha value is -2.29. The predicted octanol–water partition coefficient (Wildman–Crippen LogP) is 2.61. The molecule has 2 rings (SSSR count). The van der Waals surface area contributed by atoms with Crippen LogP contribution >= 0.6 is 0 Å². The van der Waals surface area contributed by atoms with Crippen LogP contribution in [0, 0.1) is 5.92 Å².